The van der Waals surface area contributed by atoms with Crippen LogP contribution >= 0.6 is 22.6 Å². The fourth-order valence-corrected chi connectivity index (χ4v) is 2.16. The van der Waals surface area contributed by atoms with Crippen LogP contribution in [0.25, 0.3) is 0 Å². The Bertz CT molecular complexity index is 269. The van der Waals surface area contributed by atoms with Gasteiger partial charge in [0.05, 0.1) is 0 Å². The predicted molar refractivity (Wildman–Crippen MR) is 52.8 cm³/mol. The van der Waals surface area contributed by atoms with Gasteiger partial charge in [-0.3, -0.25) is 0 Å². The summed E-state index contributed by atoms with van der Waals surface area (Å²) >= 11 is 2.47. The quantitative estimate of drug-likeness (QED) is 0.565. The molecule has 0 saturated carbocycles. The van der Waals surface area contributed by atoms with Gasteiger partial charge in [-0.2, -0.15) is 0 Å². The first kappa shape index (κ1) is 7.39. The molecule has 0 bridgehead atoms. The Morgan fingerprint density at radius 1 is 1.73 bits per heavy atom. The number of nitrogens with zero attached hydrogens (tertiary/aromatic N) is 2. The van der Waals surface area contributed by atoms with Gasteiger partial charge < -0.3 is 10.3 Å². The maximum absolute atomic E-state index is 5.57. The highest BCUT2D eigenvalue weighted by molar-refractivity contribution is 14.1. The molecule has 1 aromatic rings. The second kappa shape index (κ2) is 2.66. The minimum atomic E-state index is 0.658. The van der Waals surface area contributed by atoms with Crippen LogP contribution in [0, 0.1) is 0 Å². The summed E-state index contributed by atoms with van der Waals surface area (Å²) < 4.78 is 2.91. The molecule has 0 fully saturated rings. The predicted octanol–water partition coefficient (Wildman–Crippen LogP) is 1.22. The fraction of sp³-hybridized carbons (Fsp3) is 0.571. The Balaban J connectivity index is 2.34. The average Bonchev–Trinajstić information content (AvgIpc) is 2.27. The Morgan fingerprint density at radius 2 is 2.55 bits per heavy atom. The number of nitrogen functional groups attached to an aromatic ring is 1. The van der Waals surface area contributed by atoms with Gasteiger partial charge in [0.1, 0.15) is 11.6 Å². The zero-order valence-electron chi connectivity index (χ0n) is 6.13. The van der Waals surface area contributed by atoms with Gasteiger partial charge in [0, 0.05) is 23.1 Å². The van der Waals surface area contributed by atoms with E-state index < -0.39 is 0 Å². The molecule has 0 saturated heterocycles. The third kappa shape index (κ3) is 1.36. The third-order valence-electron chi connectivity index (χ3n) is 1.95. The van der Waals surface area contributed by atoms with Gasteiger partial charge in [-0.15, -0.1) is 0 Å². The van der Waals surface area contributed by atoms with E-state index in [1.165, 1.54) is 6.42 Å². The van der Waals surface area contributed by atoms with E-state index in [0.29, 0.717) is 5.82 Å². The van der Waals surface area contributed by atoms with Crippen molar-refractivity contribution < 1.29 is 0 Å². The molecule has 0 spiro atoms. The van der Waals surface area contributed by atoms with Crippen molar-refractivity contribution in [1.82, 2.24) is 9.55 Å². The van der Waals surface area contributed by atoms with Crippen LogP contribution in [0.15, 0.2) is 6.20 Å². The molecule has 1 aromatic heterocycles. The van der Waals surface area contributed by atoms with Crippen LogP contribution < -0.4 is 5.73 Å². The highest BCUT2D eigenvalue weighted by atomic mass is 127. The fourth-order valence-electron chi connectivity index (χ4n) is 1.42. The number of fused-ring (bicyclic) bond motifs is 1. The first-order valence-electron chi connectivity index (χ1n) is 3.71. The second-order valence-electron chi connectivity index (χ2n) is 2.87. The molecule has 1 atom stereocenters. The van der Waals surface area contributed by atoms with Crippen LogP contribution in [-0.4, -0.2) is 13.5 Å². The van der Waals surface area contributed by atoms with E-state index in [2.05, 4.69) is 32.1 Å². The van der Waals surface area contributed by atoms with Gasteiger partial charge >= 0.3 is 0 Å². The molecule has 0 aliphatic carbocycles. The average molecular weight is 263 g/mol. The first-order chi connectivity index (χ1) is 5.25. The van der Waals surface area contributed by atoms with Crippen LogP contribution in [0.4, 0.5) is 5.82 Å². The number of alkyl halides is 1. The van der Waals surface area contributed by atoms with E-state index in [0.717, 1.165) is 22.7 Å². The number of aromatic nitrogens is 2. The maximum Gasteiger partial charge on any atom is 0.141 e. The summed E-state index contributed by atoms with van der Waals surface area (Å²) in [6.45, 7) is 1.07. The van der Waals surface area contributed by atoms with Crippen molar-refractivity contribution >= 4 is 28.4 Å². The second-order valence-corrected chi connectivity index (χ2v) is 4.63. The topological polar surface area (TPSA) is 43.8 Å². The Kier molecular flexibility index (Phi) is 1.78. The molecular weight excluding hydrogens is 253 g/mol. The molecule has 0 amide bonds. The van der Waals surface area contributed by atoms with Crippen molar-refractivity contribution in [2.75, 3.05) is 5.73 Å². The van der Waals surface area contributed by atoms with E-state index in [4.69, 9.17) is 5.73 Å². The van der Waals surface area contributed by atoms with Crippen molar-refractivity contribution in [3.63, 3.8) is 0 Å². The molecule has 3 nitrogen and oxygen atoms in total. The van der Waals surface area contributed by atoms with Gasteiger partial charge in [0.2, 0.25) is 0 Å². The van der Waals surface area contributed by atoms with E-state index in [1.54, 1.807) is 0 Å². The summed E-state index contributed by atoms with van der Waals surface area (Å²) in [5.41, 5.74) is 5.57. The van der Waals surface area contributed by atoms with E-state index in [9.17, 15) is 0 Å². The standard InChI is InChI=1S/C7H10IN3/c8-5-1-2-7-10-6(9)4-11(7)3-5/h4-5H,1-3,9H2. The van der Waals surface area contributed by atoms with Gasteiger partial charge in [0.15, 0.2) is 0 Å². The zero-order chi connectivity index (χ0) is 7.84. The van der Waals surface area contributed by atoms with E-state index in [1.807, 2.05) is 6.20 Å². The molecule has 1 aliphatic heterocycles. The summed E-state index contributed by atoms with van der Waals surface area (Å²) in [6.07, 6.45) is 4.24. The molecule has 1 unspecified atom stereocenters. The molecular formula is C7H10IN3. The smallest absolute Gasteiger partial charge is 0.141 e. The van der Waals surface area contributed by atoms with E-state index >= 15 is 0 Å². The van der Waals surface area contributed by atoms with Crippen LogP contribution in [0.1, 0.15) is 12.2 Å². The van der Waals surface area contributed by atoms with Crippen LogP contribution in [0.5, 0.6) is 0 Å². The Hall–Kier alpha value is -0.260. The van der Waals surface area contributed by atoms with Gasteiger partial charge in [-0.05, 0) is 6.42 Å². The number of imidazole rings is 1. The number of nitrogens with two attached hydrogens (primary N) is 1. The molecule has 2 N–H and O–H groups in total. The summed E-state index contributed by atoms with van der Waals surface area (Å²) in [7, 11) is 0. The van der Waals surface area contributed by atoms with Crippen molar-refractivity contribution in [2.45, 2.75) is 23.3 Å². The zero-order valence-corrected chi connectivity index (χ0v) is 8.28. The van der Waals surface area contributed by atoms with Crippen molar-refractivity contribution in [3.8, 4) is 0 Å². The highest BCUT2D eigenvalue weighted by Gasteiger charge is 2.16. The van der Waals surface area contributed by atoms with Crippen LogP contribution in [0.3, 0.4) is 0 Å². The lowest BCUT2D eigenvalue weighted by Gasteiger charge is -2.17. The lowest BCUT2D eigenvalue weighted by atomic mass is 10.2. The van der Waals surface area contributed by atoms with Crippen molar-refractivity contribution in [3.05, 3.63) is 12.0 Å². The summed E-state index contributed by atoms with van der Waals surface area (Å²) in [5.74, 6) is 1.81. The largest absolute Gasteiger partial charge is 0.382 e. The molecule has 2 heterocycles. The Labute approximate surface area is 79.1 Å². The minimum Gasteiger partial charge on any atom is -0.382 e. The SMILES string of the molecule is Nc1cn2c(n1)CCC(I)C2. The lowest BCUT2D eigenvalue weighted by molar-refractivity contribution is 0.548. The first-order valence-corrected chi connectivity index (χ1v) is 4.96. The number of rotatable bonds is 0. The van der Waals surface area contributed by atoms with Crippen molar-refractivity contribution in [1.29, 1.82) is 0 Å². The number of aryl methyl sites for hydroxylation is 1. The molecule has 0 aromatic carbocycles. The van der Waals surface area contributed by atoms with E-state index in [-0.39, 0.29) is 0 Å². The molecule has 60 valence electrons. The molecule has 11 heavy (non-hydrogen) atoms. The Morgan fingerprint density at radius 3 is 3.36 bits per heavy atom. The third-order valence-corrected chi connectivity index (χ3v) is 2.97. The van der Waals surface area contributed by atoms with Crippen LogP contribution in [0.2, 0.25) is 0 Å². The van der Waals surface area contributed by atoms with Gasteiger partial charge in [-0.1, -0.05) is 22.6 Å². The number of halogens is 1. The molecule has 1 aliphatic rings. The monoisotopic (exact) mass is 263 g/mol. The highest BCUT2D eigenvalue weighted by Crippen LogP contribution is 2.20. The number of anilines is 1. The number of hydrogen-bond donors (Lipinski definition) is 1. The lowest BCUT2D eigenvalue weighted by Crippen LogP contribution is -2.19. The summed E-state index contributed by atoms with van der Waals surface area (Å²) in [6, 6.07) is 0. The summed E-state index contributed by atoms with van der Waals surface area (Å²) in [4.78, 5) is 4.22. The van der Waals surface area contributed by atoms with Crippen molar-refractivity contribution in [2.24, 2.45) is 0 Å². The number of hydrogen-bond acceptors (Lipinski definition) is 2. The maximum atomic E-state index is 5.57. The van der Waals surface area contributed by atoms with Crippen LogP contribution in [-0.2, 0) is 13.0 Å². The molecule has 0 radical (unpaired) electrons. The minimum absolute atomic E-state index is 0.658. The van der Waals surface area contributed by atoms with Gasteiger partial charge in [-0.25, -0.2) is 4.98 Å². The molecule has 2 rings (SSSR count). The molecule has 4 heteroatoms. The van der Waals surface area contributed by atoms with Gasteiger partial charge in [0.25, 0.3) is 0 Å². The summed E-state index contributed by atoms with van der Waals surface area (Å²) in [5, 5.41) is 0. The normalized spacial score (nSPS) is 23.2.